The summed E-state index contributed by atoms with van der Waals surface area (Å²) in [5.74, 6) is 0. The average Bonchev–Trinajstić information content (AvgIpc) is 2.26. The lowest BCUT2D eigenvalue weighted by Crippen LogP contribution is -2.44. The largest absolute Gasteiger partial charge is 0.389 e. The van der Waals surface area contributed by atoms with Crippen LogP contribution in [0.3, 0.4) is 0 Å². The zero-order valence-electron chi connectivity index (χ0n) is 10.6. The first-order valence-corrected chi connectivity index (χ1v) is 5.76. The molecule has 1 aromatic carbocycles. The van der Waals surface area contributed by atoms with Crippen molar-refractivity contribution in [3.05, 3.63) is 30.3 Å². The number of urea groups is 1. The fourth-order valence-corrected chi connectivity index (χ4v) is 1.52. The third-order valence-electron chi connectivity index (χ3n) is 2.27. The summed E-state index contributed by atoms with van der Waals surface area (Å²) in [4.78, 5) is 13.5. The van der Waals surface area contributed by atoms with E-state index in [-0.39, 0.29) is 6.03 Å². The van der Waals surface area contributed by atoms with Crippen molar-refractivity contribution in [3.63, 3.8) is 0 Å². The second-order valence-corrected chi connectivity index (χ2v) is 4.62. The molecular formula is C13H20N2O2. The molecule has 94 valence electrons. The number of para-hydroxylation sites is 1. The minimum atomic E-state index is -0.885. The Morgan fingerprint density at radius 1 is 1.35 bits per heavy atom. The standard InChI is InChI=1S/C13H20N2O2/c1-4-15(10-13(2,3)17)12(16)14-11-8-6-5-7-9-11/h5-9,17H,4,10H2,1-3H3,(H,14,16). The molecule has 2 N–H and O–H groups in total. The lowest BCUT2D eigenvalue weighted by molar-refractivity contribution is 0.0501. The molecule has 0 aromatic heterocycles. The number of hydrogen-bond donors (Lipinski definition) is 2. The van der Waals surface area contributed by atoms with Gasteiger partial charge in [-0.25, -0.2) is 4.79 Å². The molecule has 0 atom stereocenters. The predicted molar refractivity (Wildman–Crippen MR) is 69.0 cm³/mol. The number of amides is 2. The Hall–Kier alpha value is -1.55. The molecule has 0 aliphatic rings. The molecule has 4 nitrogen and oxygen atoms in total. The number of hydrogen-bond acceptors (Lipinski definition) is 2. The highest BCUT2D eigenvalue weighted by molar-refractivity contribution is 5.89. The van der Waals surface area contributed by atoms with Gasteiger partial charge in [-0.2, -0.15) is 0 Å². The van der Waals surface area contributed by atoms with Gasteiger partial charge in [0.2, 0.25) is 0 Å². The molecule has 0 saturated carbocycles. The van der Waals surface area contributed by atoms with E-state index in [9.17, 15) is 9.90 Å². The van der Waals surface area contributed by atoms with Crippen LogP contribution in [0.5, 0.6) is 0 Å². The van der Waals surface area contributed by atoms with Crippen LogP contribution < -0.4 is 5.32 Å². The van der Waals surface area contributed by atoms with Gasteiger partial charge in [0.25, 0.3) is 0 Å². The quantitative estimate of drug-likeness (QED) is 0.843. The normalized spacial score (nSPS) is 11.1. The van der Waals surface area contributed by atoms with Crippen LogP contribution in [-0.2, 0) is 0 Å². The van der Waals surface area contributed by atoms with E-state index < -0.39 is 5.60 Å². The highest BCUT2D eigenvalue weighted by Gasteiger charge is 2.21. The van der Waals surface area contributed by atoms with Gasteiger partial charge in [0, 0.05) is 12.2 Å². The van der Waals surface area contributed by atoms with Crippen LogP contribution in [0.2, 0.25) is 0 Å². The monoisotopic (exact) mass is 236 g/mol. The number of carbonyl (C=O) groups is 1. The molecule has 0 fully saturated rings. The molecule has 0 aliphatic heterocycles. The first-order valence-electron chi connectivity index (χ1n) is 5.76. The first-order chi connectivity index (χ1) is 7.92. The van der Waals surface area contributed by atoms with E-state index >= 15 is 0 Å². The Balaban J connectivity index is 2.62. The summed E-state index contributed by atoms with van der Waals surface area (Å²) in [6, 6.07) is 9.08. The molecule has 4 heteroatoms. The van der Waals surface area contributed by atoms with Gasteiger partial charge in [0.05, 0.1) is 12.1 Å². The third kappa shape index (κ3) is 4.87. The number of nitrogens with zero attached hydrogens (tertiary/aromatic N) is 1. The van der Waals surface area contributed by atoms with E-state index in [2.05, 4.69) is 5.32 Å². The maximum atomic E-state index is 11.9. The van der Waals surface area contributed by atoms with Crippen LogP contribution in [-0.4, -0.2) is 34.7 Å². The maximum Gasteiger partial charge on any atom is 0.321 e. The number of nitrogens with one attached hydrogen (secondary N) is 1. The smallest absolute Gasteiger partial charge is 0.321 e. The molecule has 0 bridgehead atoms. The van der Waals surface area contributed by atoms with E-state index in [1.54, 1.807) is 18.7 Å². The van der Waals surface area contributed by atoms with Gasteiger partial charge in [0.15, 0.2) is 0 Å². The molecule has 0 radical (unpaired) electrons. The van der Waals surface area contributed by atoms with Crippen molar-refractivity contribution in [1.82, 2.24) is 4.90 Å². The minimum absolute atomic E-state index is 0.194. The molecule has 17 heavy (non-hydrogen) atoms. The zero-order valence-corrected chi connectivity index (χ0v) is 10.6. The second-order valence-electron chi connectivity index (χ2n) is 4.62. The van der Waals surface area contributed by atoms with E-state index in [1.807, 2.05) is 37.3 Å². The van der Waals surface area contributed by atoms with Crippen molar-refractivity contribution in [2.75, 3.05) is 18.4 Å². The van der Waals surface area contributed by atoms with E-state index in [0.717, 1.165) is 5.69 Å². The Labute approximate surface area is 102 Å². The van der Waals surface area contributed by atoms with Crippen LogP contribution in [0.15, 0.2) is 30.3 Å². The van der Waals surface area contributed by atoms with Gasteiger partial charge in [-0.05, 0) is 32.9 Å². The van der Waals surface area contributed by atoms with Gasteiger partial charge in [-0.15, -0.1) is 0 Å². The fraction of sp³-hybridized carbons (Fsp3) is 0.462. The van der Waals surface area contributed by atoms with Crippen molar-refractivity contribution in [1.29, 1.82) is 0 Å². The first kappa shape index (κ1) is 13.5. The molecule has 1 aromatic rings. The molecule has 0 unspecified atom stereocenters. The van der Waals surface area contributed by atoms with Crippen LogP contribution >= 0.6 is 0 Å². The maximum absolute atomic E-state index is 11.9. The molecule has 0 aliphatic carbocycles. The summed E-state index contributed by atoms with van der Waals surface area (Å²) in [7, 11) is 0. The summed E-state index contributed by atoms with van der Waals surface area (Å²) in [5.41, 5.74) is -0.129. The number of benzene rings is 1. The summed E-state index contributed by atoms with van der Waals surface area (Å²) in [6.45, 7) is 6.12. The van der Waals surface area contributed by atoms with Crippen molar-refractivity contribution in [2.24, 2.45) is 0 Å². The molecule has 1 rings (SSSR count). The van der Waals surface area contributed by atoms with Gasteiger partial charge in [0.1, 0.15) is 0 Å². The van der Waals surface area contributed by atoms with Crippen molar-refractivity contribution >= 4 is 11.7 Å². The zero-order chi connectivity index (χ0) is 12.9. The SMILES string of the molecule is CCN(CC(C)(C)O)C(=O)Nc1ccccc1. The Kier molecular flexibility index (Phi) is 4.52. The lowest BCUT2D eigenvalue weighted by Gasteiger charge is -2.28. The summed E-state index contributed by atoms with van der Waals surface area (Å²) >= 11 is 0. The number of likely N-dealkylation sites (N-methyl/N-ethyl adjacent to an activating group) is 1. The van der Waals surface area contributed by atoms with E-state index in [0.29, 0.717) is 13.1 Å². The van der Waals surface area contributed by atoms with E-state index in [1.165, 1.54) is 0 Å². The summed E-state index contributed by atoms with van der Waals surface area (Å²) in [5, 5.41) is 12.5. The molecule has 0 spiro atoms. The average molecular weight is 236 g/mol. The Morgan fingerprint density at radius 3 is 2.41 bits per heavy atom. The highest BCUT2D eigenvalue weighted by Crippen LogP contribution is 2.09. The van der Waals surface area contributed by atoms with Crippen LogP contribution in [0.1, 0.15) is 20.8 Å². The van der Waals surface area contributed by atoms with Crippen molar-refractivity contribution in [3.8, 4) is 0 Å². The van der Waals surface area contributed by atoms with E-state index in [4.69, 9.17) is 0 Å². The van der Waals surface area contributed by atoms with Crippen molar-refractivity contribution < 1.29 is 9.90 Å². The Bertz CT molecular complexity index is 357. The number of aliphatic hydroxyl groups is 1. The number of rotatable bonds is 4. The van der Waals surface area contributed by atoms with Gasteiger partial charge >= 0.3 is 6.03 Å². The summed E-state index contributed by atoms with van der Waals surface area (Å²) in [6.07, 6.45) is 0. The fourth-order valence-electron chi connectivity index (χ4n) is 1.52. The van der Waals surface area contributed by atoms with Crippen LogP contribution in [0, 0.1) is 0 Å². The lowest BCUT2D eigenvalue weighted by atomic mass is 10.1. The summed E-state index contributed by atoms with van der Waals surface area (Å²) < 4.78 is 0. The third-order valence-corrected chi connectivity index (χ3v) is 2.27. The molecule has 2 amide bonds. The minimum Gasteiger partial charge on any atom is -0.389 e. The molecular weight excluding hydrogens is 216 g/mol. The van der Waals surface area contributed by atoms with Crippen LogP contribution in [0.4, 0.5) is 10.5 Å². The second kappa shape index (κ2) is 5.68. The molecule has 0 heterocycles. The topological polar surface area (TPSA) is 52.6 Å². The number of carbonyl (C=O) groups excluding carboxylic acids is 1. The molecule has 0 saturated heterocycles. The predicted octanol–water partition coefficient (Wildman–Crippen LogP) is 2.31. The number of anilines is 1. The Morgan fingerprint density at radius 2 is 1.94 bits per heavy atom. The van der Waals surface area contributed by atoms with Gasteiger partial charge < -0.3 is 15.3 Å². The van der Waals surface area contributed by atoms with Gasteiger partial charge in [-0.1, -0.05) is 18.2 Å². The van der Waals surface area contributed by atoms with Crippen LogP contribution in [0.25, 0.3) is 0 Å². The van der Waals surface area contributed by atoms with Crippen molar-refractivity contribution in [2.45, 2.75) is 26.4 Å². The highest BCUT2D eigenvalue weighted by atomic mass is 16.3. The van der Waals surface area contributed by atoms with Gasteiger partial charge in [-0.3, -0.25) is 0 Å².